The molecule has 2 atom stereocenters. The monoisotopic (exact) mass is 238 g/mol. The molecule has 2 aliphatic rings. The van der Waals surface area contributed by atoms with E-state index in [9.17, 15) is 0 Å². The second-order valence-electron chi connectivity index (χ2n) is 4.59. The average molecular weight is 239 g/mol. The van der Waals surface area contributed by atoms with Crippen LogP contribution in [-0.2, 0) is 0 Å². The van der Waals surface area contributed by atoms with E-state index >= 15 is 0 Å². The SMILES string of the molecule is Clc1ccc(N2CC[C@H]3CC[C@@H](C2)N3)nn1. The minimum atomic E-state index is 0.457. The van der Waals surface area contributed by atoms with E-state index in [-0.39, 0.29) is 0 Å². The summed E-state index contributed by atoms with van der Waals surface area (Å²) in [6.07, 6.45) is 3.80. The molecule has 2 bridgehead atoms. The number of fused-ring (bicyclic) bond motifs is 2. The van der Waals surface area contributed by atoms with Gasteiger partial charge in [0.1, 0.15) is 0 Å². The van der Waals surface area contributed by atoms with Crippen molar-refractivity contribution >= 4 is 17.4 Å². The Labute approximate surface area is 100.0 Å². The zero-order valence-electron chi connectivity index (χ0n) is 9.06. The molecule has 0 radical (unpaired) electrons. The molecule has 2 aliphatic heterocycles. The number of nitrogens with zero attached hydrogens (tertiary/aromatic N) is 3. The maximum Gasteiger partial charge on any atom is 0.151 e. The first-order valence-electron chi connectivity index (χ1n) is 5.81. The van der Waals surface area contributed by atoms with Crippen LogP contribution in [0.5, 0.6) is 0 Å². The van der Waals surface area contributed by atoms with E-state index in [0.717, 1.165) is 18.9 Å². The van der Waals surface area contributed by atoms with E-state index in [4.69, 9.17) is 11.6 Å². The second kappa shape index (κ2) is 4.18. The van der Waals surface area contributed by atoms with Gasteiger partial charge < -0.3 is 10.2 Å². The number of nitrogens with one attached hydrogen (secondary N) is 1. The lowest BCUT2D eigenvalue weighted by Gasteiger charge is -2.24. The van der Waals surface area contributed by atoms with Crippen molar-refractivity contribution in [2.75, 3.05) is 18.0 Å². The average Bonchev–Trinajstić information content (AvgIpc) is 2.60. The minimum absolute atomic E-state index is 0.457. The topological polar surface area (TPSA) is 41.0 Å². The van der Waals surface area contributed by atoms with E-state index in [1.807, 2.05) is 6.07 Å². The quantitative estimate of drug-likeness (QED) is 0.804. The molecule has 16 heavy (non-hydrogen) atoms. The first kappa shape index (κ1) is 10.3. The summed E-state index contributed by atoms with van der Waals surface area (Å²) >= 11 is 5.74. The molecule has 0 unspecified atom stereocenters. The Bertz CT molecular complexity index is 367. The van der Waals surface area contributed by atoms with Crippen LogP contribution in [0.15, 0.2) is 12.1 Å². The molecule has 3 rings (SSSR count). The van der Waals surface area contributed by atoms with E-state index in [1.165, 1.54) is 19.3 Å². The molecule has 1 aromatic heterocycles. The van der Waals surface area contributed by atoms with E-state index < -0.39 is 0 Å². The van der Waals surface area contributed by atoms with Crippen molar-refractivity contribution in [1.82, 2.24) is 15.5 Å². The Morgan fingerprint density at radius 2 is 2.06 bits per heavy atom. The van der Waals surface area contributed by atoms with Gasteiger partial charge in [-0.2, -0.15) is 0 Å². The summed E-state index contributed by atoms with van der Waals surface area (Å²) in [5.74, 6) is 0.943. The lowest BCUT2D eigenvalue weighted by molar-refractivity contribution is 0.563. The molecule has 2 fully saturated rings. The van der Waals surface area contributed by atoms with Gasteiger partial charge in [0.05, 0.1) is 0 Å². The summed E-state index contributed by atoms with van der Waals surface area (Å²) in [7, 11) is 0. The number of hydrogen-bond donors (Lipinski definition) is 1. The Kier molecular flexibility index (Phi) is 2.69. The minimum Gasteiger partial charge on any atom is -0.354 e. The third-order valence-electron chi connectivity index (χ3n) is 3.47. The van der Waals surface area contributed by atoms with Gasteiger partial charge in [-0.25, -0.2) is 0 Å². The highest BCUT2D eigenvalue weighted by atomic mass is 35.5. The third kappa shape index (κ3) is 1.99. The van der Waals surface area contributed by atoms with Gasteiger partial charge in [0.25, 0.3) is 0 Å². The summed E-state index contributed by atoms with van der Waals surface area (Å²) < 4.78 is 0. The van der Waals surface area contributed by atoms with E-state index in [1.54, 1.807) is 6.07 Å². The van der Waals surface area contributed by atoms with Crippen LogP contribution in [0.4, 0.5) is 5.82 Å². The van der Waals surface area contributed by atoms with Crippen molar-refractivity contribution in [3.63, 3.8) is 0 Å². The van der Waals surface area contributed by atoms with Gasteiger partial charge in [-0.3, -0.25) is 0 Å². The second-order valence-corrected chi connectivity index (χ2v) is 4.97. The fourth-order valence-electron chi connectivity index (χ4n) is 2.63. The van der Waals surface area contributed by atoms with Crippen molar-refractivity contribution in [3.05, 3.63) is 17.3 Å². The normalized spacial score (nSPS) is 29.2. The molecule has 0 saturated carbocycles. The summed E-state index contributed by atoms with van der Waals surface area (Å²) in [6, 6.07) is 5.08. The lowest BCUT2D eigenvalue weighted by Crippen LogP contribution is -2.35. The van der Waals surface area contributed by atoms with Gasteiger partial charge in [0.15, 0.2) is 11.0 Å². The zero-order valence-corrected chi connectivity index (χ0v) is 9.82. The summed E-state index contributed by atoms with van der Waals surface area (Å²) in [5, 5.41) is 12.1. The highest BCUT2D eigenvalue weighted by Gasteiger charge is 2.29. The molecule has 1 aromatic rings. The maximum atomic E-state index is 5.74. The molecule has 0 aromatic carbocycles. The number of halogens is 1. The summed E-state index contributed by atoms with van der Waals surface area (Å²) in [6.45, 7) is 2.09. The highest BCUT2D eigenvalue weighted by molar-refractivity contribution is 6.29. The molecule has 0 spiro atoms. The first-order chi connectivity index (χ1) is 7.81. The van der Waals surface area contributed by atoms with Crippen LogP contribution in [0.1, 0.15) is 19.3 Å². The van der Waals surface area contributed by atoms with Crippen molar-refractivity contribution in [1.29, 1.82) is 0 Å². The van der Waals surface area contributed by atoms with Gasteiger partial charge in [-0.15, -0.1) is 10.2 Å². The zero-order chi connectivity index (χ0) is 11.0. The van der Waals surface area contributed by atoms with Crippen LogP contribution in [0.25, 0.3) is 0 Å². The number of hydrogen-bond acceptors (Lipinski definition) is 4. The molecule has 1 N–H and O–H groups in total. The number of aromatic nitrogens is 2. The van der Waals surface area contributed by atoms with Crippen LogP contribution in [-0.4, -0.2) is 35.4 Å². The molecule has 5 heteroatoms. The van der Waals surface area contributed by atoms with Crippen LogP contribution in [0, 0.1) is 0 Å². The third-order valence-corrected chi connectivity index (χ3v) is 3.67. The van der Waals surface area contributed by atoms with Crippen LogP contribution < -0.4 is 10.2 Å². The van der Waals surface area contributed by atoms with Crippen molar-refractivity contribution in [2.24, 2.45) is 0 Å². The van der Waals surface area contributed by atoms with Crippen molar-refractivity contribution < 1.29 is 0 Å². The molecular formula is C11H15ClN4. The van der Waals surface area contributed by atoms with E-state index in [0.29, 0.717) is 17.2 Å². The molecular weight excluding hydrogens is 224 g/mol. The van der Waals surface area contributed by atoms with Gasteiger partial charge in [-0.05, 0) is 31.4 Å². The summed E-state index contributed by atoms with van der Waals surface area (Å²) in [4.78, 5) is 2.31. The first-order valence-corrected chi connectivity index (χ1v) is 6.19. The van der Waals surface area contributed by atoms with Gasteiger partial charge in [-0.1, -0.05) is 11.6 Å². The standard InChI is InChI=1S/C11H15ClN4/c12-10-3-4-11(15-14-10)16-6-5-8-1-2-9(7-16)13-8/h3-4,8-9,13H,1-2,5-7H2/t8-,9+/m1/s1. The molecule has 0 amide bonds. The van der Waals surface area contributed by atoms with Crippen LogP contribution >= 0.6 is 11.6 Å². The summed E-state index contributed by atoms with van der Waals surface area (Å²) in [5.41, 5.74) is 0. The van der Waals surface area contributed by atoms with Gasteiger partial charge in [0, 0.05) is 25.2 Å². The Morgan fingerprint density at radius 1 is 1.19 bits per heavy atom. The highest BCUT2D eigenvalue weighted by Crippen LogP contribution is 2.23. The molecule has 0 aliphatic carbocycles. The maximum absolute atomic E-state index is 5.74. The Morgan fingerprint density at radius 3 is 2.88 bits per heavy atom. The van der Waals surface area contributed by atoms with Crippen molar-refractivity contribution in [3.8, 4) is 0 Å². The number of anilines is 1. The lowest BCUT2D eigenvalue weighted by atomic mass is 10.1. The predicted octanol–water partition coefficient (Wildman–Crippen LogP) is 1.46. The number of rotatable bonds is 1. The fourth-order valence-corrected chi connectivity index (χ4v) is 2.73. The fraction of sp³-hybridized carbons (Fsp3) is 0.636. The largest absolute Gasteiger partial charge is 0.354 e. The van der Waals surface area contributed by atoms with Gasteiger partial charge >= 0.3 is 0 Å². The van der Waals surface area contributed by atoms with Gasteiger partial charge in [0.2, 0.25) is 0 Å². The van der Waals surface area contributed by atoms with Crippen molar-refractivity contribution in [2.45, 2.75) is 31.3 Å². The molecule has 86 valence electrons. The van der Waals surface area contributed by atoms with E-state index in [2.05, 4.69) is 20.4 Å². The predicted molar refractivity (Wildman–Crippen MR) is 63.8 cm³/mol. The molecule has 4 nitrogen and oxygen atoms in total. The smallest absolute Gasteiger partial charge is 0.151 e. The Balaban J connectivity index is 1.77. The molecule has 3 heterocycles. The molecule has 2 saturated heterocycles. The van der Waals surface area contributed by atoms with Crippen LogP contribution in [0.3, 0.4) is 0 Å². The van der Waals surface area contributed by atoms with Crippen LogP contribution in [0.2, 0.25) is 5.15 Å². The Hall–Kier alpha value is -0.870.